The molecule has 1 aliphatic heterocycles. The fourth-order valence-corrected chi connectivity index (χ4v) is 3.55. The van der Waals surface area contributed by atoms with Crippen LogP contribution in [0.3, 0.4) is 0 Å². The molecule has 0 radical (unpaired) electrons. The van der Waals surface area contributed by atoms with Crippen LogP contribution in [0.1, 0.15) is 30.9 Å². The molecule has 2 heterocycles. The lowest BCUT2D eigenvalue weighted by Gasteiger charge is -2.33. The van der Waals surface area contributed by atoms with Crippen molar-refractivity contribution in [3.63, 3.8) is 0 Å². The normalized spacial score (nSPS) is 15.5. The van der Waals surface area contributed by atoms with Crippen LogP contribution in [0.2, 0.25) is 0 Å². The highest BCUT2D eigenvalue weighted by Crippen LogP contribution is 2.19. The maximum absolute atomic E-state index is 11.9. The minimum atomic E-state index is -0.0716. The summed E-state index contributed by atoms with van der Waals surface area (Å²) in [5, 5.41) is 7.77. The van der Waals surface area contributed by atoms with Crippen LogP contribution in [-0.4, -0.2) is 53.4 Å². The molecule has 1 fully saturated rings. The SMILES string of the molecule is CCOC(=O)C1CCN(C(=NC)NCc2ccccc2Cn2cccn2)CC1. The quantitative estimate of drug-likeness (QED) is 0.471. The van der Waals surface area contributed by atoms with Gasteiger partial charge in [0.2, 0.25) is 0 Å². The van der Waals surface area contributed by atoms with Crippen LogP contribution in [0.15, 0.2) is 47.7 Å². The van der Waals surface area contributed by atoms with Gasteiger partial charge in [0.1, 0.15) is 0 Å². The largest absolute Gasteiger partial charge is 0.466 e. The van der Waals surface area contributed by atoms with E-state index >= 15 is 0 Å². The van der Waals surface area contributed by atoms with E-state index in [4.69, 9.17) is 4.74 Å². The van der Waals surface area contributed by atoms with E-state index in [1.807, 2.05) is 23.9 Å². The van der Waals surface area contributed by atoms with E-state index in [9.17, 15) is 4.79 Å². The van der Waals surface area contributed by atoms with Gasteiger partial charge in [-0.25, -0.2) is 0 Å². The molecular weight excluding hydrogens is 354 g/mol. The Balaban J connectivity index is 1.56. The number of aromatic nitrogens is 2. The van der Waals surface area contributed by atoms with E-state index in [1.165, 1.54) is 11.1 Å². The van der Waals surface area contributed by atoms with Crippen molar-refractivity contribution in [1.29, 1.82) is 0 Å². The zero-order chi connectivity index (χ0) is 19.8. The molecule has 0 unspecified atom stereocenters. The number of hydrogen-bond donors (Lipinski definition) is 1. The molecule has 1 N–H and O–H groups in total. The molecule has 0 bridgehead atoms. The first-order valence-corrected chi connectivity index (χ1v) is 9.87. The Kier molecular flexibility index (Phi) is 7.06. The standard InChI is InChI=1S/C21H29N5O2/c1-3-28-20(27)17-9-13-25(14-10-17)21(22-2)23-15-18-7-4-5-8-19(18)16-26-12-6-11-24-26/h4-8,11-12,17H,3,9-10,13-16H2,1-2H3,(H,22,23). The molecule has 150 valence electrons. The second-order valence-electron chi connectivity index (χ2n) is 6.89. The van der Waals surface area contributed by atoms with E-state index in [0.717, 1.165) is 38.4 Å². The van der Waals surface area contributed by atoms with Crippen molar-refractivity contribution >= 4 is 11.9 Å². The fraction of sp³-hybridized carbons (Fsp3) is 0.476. The van der Waals surface area contributed by atoms with Crippen molar-refractivity contribution in [2.24, 2.45) is 10.9 Å². The van der Waals surface area contributed by atoms with Crippen LogP contribution in [0, 0.1) is 5.92 Å². The number of guanidine groups is 1. The van der Waals surface area contributed by atoms with Crippen molar-refractivity contribution in [2.45, 2.75) is 32.9 Å². The van der Waals surface area contributed by atoms with Gasteiger partial charge in [0.15, 0.2) is 5.96 Å². The number of benzene rings is 1. The second-order valence-corrected chi connectivity index (χ2v) is 6.89. The van der Waals surface area contributed by atoms with Gasteiger partial charge in [0.25, 0.3) is 0 Å². The van der Waals surface area contributed by atoms with E-state index in [1.54, 1.807) is 13.2 Å². The Morgan fingerprint density at radius 1 is 1.25 bits per heavy atom. The minimum Gasteiger partial charge on any atom is -0.466 e. The Morgan fingerprint density at radius 3 is 2.64 bits per heavy atom. The maximum Gasteiger partial charge on any atom is 0.309 e. The lowest BCUT2D eigenvalue weighted by molar-refractivity contribution is -0.149. The number of likely N-dealkylation sites (tertiary alicyclic amines) is 1. The first-order chi connectivity index (χ1) is 13.7. The Bertz CT molecular complexity index is 780. The average Bonchev–Trinajstić information content (AvgIpc) is 3.23. The molecule has 1 aliphatic rings. The summed E-state index contributed by atoms with van der Waals surface area (Å²) in [5.41, 5.74) is 2.45. The maximum atomic E-state index is 11.9. The molecule has 0 spiro atoms. The molecule has 7 nitrogen and oxygen atoms in total. The van der Waals surface area contributed by atoms with Crippen molar-refractivity contribution in [3.8, 4) is 0 Å². The summed E-state index contributed by atoms with van der Waals surface area (Å²) in [6, 6.07) is 10.3. The van der Waals surface area contributed by atoms with E-state index < -0.39 is 0 Å². The fourth-order valence-electron chi connectivity index (χ4n) is 3.55. The number of esters is 1. The predicted molar refractivity (Wildman–Crippen MR) is 109 cm³/mol. The summed E-state index contributed by atoms with van der Waals surface area (Å²) in [6.45, 7) is 5.34. The number of rotatable bonds is 6. The minimum absolute atomic E-state index is 0.00380. The highest BCUT2D eigenvalue weighted by molar-refractivity contribution is 5.80. The second kappa shape index (κ2) is 9.92. The predicted octanol–water partition coefficient (Wildman–Crippen LogP) is 2.28. The highest BCUT2D eigenvalue weighted by atomic mass is 16.5. The number of piperidine rings is 1. The first-order valence-electron chi connectivity index (χ1n) is 9.87. The van der Waals surface area contributed by atoms with Crippen LogP contribution in [0.25, 0.3) is 0 Å². The summed E-state index contributed by atoms with van der Waals surface area (Å²) < 4.78 is 7.08. The average molecular weight is 383 g/mol. The summed E-state index contributed by atoms with van der Waals surface area (Å²) in [5.74, 6) is 0.804. The number of carbonyl (C=O) groups is 1. The summed E-state index contributed by atoms with van der Waals surface area (Å²) in [7, 11) is 1.80. The topological polar surface area (TPSA) is 71.8 Å². The number of carbonyl (C=O) groups excluding carboxylic acids is 1. The molecule has 0 atom stereocenters. The van der Waals surface area contributed by atoms with Crippen molar-refractivity contribution in [1.82, 2.24) is 20.0 Å². The Morgan fingerprint density at radius 2 is 2.00 bits per heavy atom. The lowest BCUT2D eigenvalue weighted by atomic mass is 9.97. The third kappa shape index (κ3) is 5.12. The molecule has 7 heteroatoms. The summed E-state index contributed by atoms with van der Waals surface area (Å²) in [4.78, 5) is 18.6. The van der Waals surface area contributed by atoms with Crippen molar-refractivity contribution in [3.05, 3.63) is 53.9 Å². The van der Waals surface area contributed by atoms with Crippen LogP contribution in [-0.2, 0) is 22.6 Å². The number of ether oxygens (including phenoxy) is 1. The van der Waals surface area contributed by atoms with Crippen molar-refractivity contribution in [2.75, 3.05) is 26.7 Å². The number of hydrogen-bond acceptors (Lipinski definition) is 4. The van der Waals surface area contributed by atoms with Crippen LogP contribution in [0.5, 0.6) is 0 Å². The molecular formula is C21H29N5O2. The molecule has 2 aromatic rings. The van der Waals surface area contributed by atoms with Gasteiger partial charge in [-0.15, -0.1) is 0 Å². The van der Waals surface area contributed by atoms with Gasteiger partial charge < -0.3 is 15.0 Å². The zero-order valence-electron chi connectivity index (χ0n) is 16.7. The smallest absolute Gasteiger partial charge is 0.309 e. The zero-order valence-corrected chi connectivity index (χ0v) is 16.7. The van der Waals surface area contributed by atoms with Crippen LogP contribution < -0.4 is 5.32 Å². The van der Waals surface area contributed by atoms with Gasteiger partial charge in [-0.3, -0.25) is 14.5 Å². The van der Waals surface area contributed by atoms with Gasteiger partial charge in [-0.1, -0.05) is 24.3 Å². The molecule has 3 rings (SSSR count). The van der Waals surface area contributed by atoms with Crippen molar-refractivity contribution < 1.29 is 9.53 Å². The van der Waals surface area contributed by atoms with Gasteiger partial charge in [0, 0.05) is 39.1 Å². The number of aliphatic imine (C=N–C) groups is 1. The molecule has 0 aliphatic carbocycles. The molecule has 28 heavy (non-hydrogen) atoms. The van der Waals surface area contributed by atoms with E-state index in [-0.39, 0.29) is 11.9 Å². The van der Waals surface area contributed by atoms with Gasteiger partial charge >= 0.3 is 5.97 Å². The number of nitrogens with one attached hydrogen (secondary N) is 1. The lowest BCUT2D eigenvalue weighted by Crippen LogP contribution is -2.46. The Labute approximate surface area is 166 Å². The summed E-state index contributed by atoms with van der Waals surface area (Å²) in [6.07, 6.45) is 5.37. The third-order valence-electron chi connectivity index (χ3n) is 5.07. The Hall–Kier alpha value is -2.83. The van der Waals surface area contributed by atoms with Crippen LogP contribution in [0.4, 0.5) is 0 Å². The van der Waals surface area contributed by atoms with Gasteiger partial charge in [-0.05, 0) is 37.0 Å². The first kappa shape index (κ1) is 19.9. The molecule has 1 saturated heterocycles. The number of nitrogens with zero attached hydrogens (tertiary/aromatic N) is 4. The van der Waals surface area contributed by atoms with Gasteiger partial charge in [-0.2, -0.15) is 5.10 Å². The molecule has 0 amide bonds. The highest BCUT2D eigenvalue weighted by Gasteiger charge is 2.27. The van der Waals surface area contributed by atoms with Gasteiger partial charge in [0.05, 0.1) is 19.1 Å². The molecule has 1 aromatic heterocycles. The van der Waals surface area contributed by atoms with Crippen LogP contribution >= 0.6 is 0 Å². The van der Waals surface area contributed by atoms with E-state index in [0.29, 0.717) is 13.2 Å². The van der Waals surface area contributed by atoms with E-state index in [2.05, 4.69) is 44.6 Å². The molecule has 1 aromatic carbocycles. The summed E-state index contributed by atoms with van der Waals surface area (Å²) >= 11 is 0. The molecule has 0 saturated carbocycles. The third-order valence-corrected chi connectivity index (χ3v) is 5.07. The monoisotopic (exact) mass is 383 g/mol.